The van der Waals surface area contributed by atoms with Crippen LogP contribution in [0, 0.1) is 6.92 Å². The Morgan fingerprint density at radius 2 is 2.11 bits per heavy atom. The molecule has 0 aliphatic carbocycles. The number of aliphatic hydroxyl groups excluding tert-OH is 1. The first-order chi connectivity index (χ1) is 8.39. The first-order valence-electron chi connectivity index (χ1n) is 5.69. The molecule has 18 heavy (non-hydrogen) atoms. The molecular weight excluding hydrogens is 254 g/mol. The number of sulfonamides is 1. The van der Waals surface area contributed by atoms with Crippen LogP contribution < -0.4 is 9.46 Å². The van der Waals surface area contributed by atoms with E-state index >= 15 is 0 Å². The molecule has 0 radical (unpaired) electrons. The van der Waals surface area contributed by atoms with Crippen LogP contribution in [-0.4, -0.2) is 32.9 Å². The van der Waals surface area contributed by atoms with Crippen molar-refractivity contribution in [3.05, 3.63) is 29.3 Å². The Bertz CT molecular complexity index is 499. The molecule has 0 aliphatic heterocycles. The van der Waals surface area contributed by atoms with Crippen LogP contribution in [0.15, 0.2) is 18.2 Å². The van der Waals surface area contributed by atoms with Crippen LogP contribution in [0.5, 0.6) is 5.75 Å². The number of hydrogen-bond acceptors (Lipinski definition) is 4. The second kappa shape index (κ2) is 6.17. The van der Waals surface area contributed by atoms with Crippen LogP contribution >= 0.6 is 0 Å². The highest BCUT2D eigenvalue weighted by molar-refractivity contribution is 7.89. The average molecular weight is 273 g/mol. The first-order valence-corrected chi connectivity index (χ1v) is 7.34. The number of aliphatic hydroxyl groups is 1. The van der Waals surface area contributed by atoms with Crippen LogP contribution in [0.25, 0.3) is 0 Å². The van der Waals surface area contributed by atoms with Gasteiger partial charge >= 0.3 is 0 Å². The minimum Gasteiger partial charge on any atom is -0.496 e. The molecule has 5 nitrogen and oxygen atoms in total. The minimum absolute atomic E-state index is 0.00925. The molecule has 0 heterocycles. The molecule has 1 atom stereocenters. The molecule has 1 aromatic carbocycles. The van der Waals surface area contributed by atoms with Crippen molar-refractivity contribution >= 4 is 10.0 Å². The van der Waals surface area contributed by atoms with Crippen molar-refractivity contribution in [3.63, 3.8) is 0 Å². The van der Waals surface area contributed by atoms with Crippen molar-refractivity contribution in [2.45, 2.75) is 20.0 Å². The SMILES string of the molecule is CCS(=O)(=O)NCC(O)c1cc(C)ccc1OC. The smallest absolute Gasteiger partial charge is 0.211 e. The van der Waals surface area contributed by atoms with Crippen molar-refractivity contribution in [1.29, 1.82) is 0 Å². The predicted molar refractivity (Wildman–Crippen MR) is 70.2 cm³/mol. The van der Waals surface area contributed by atoms with Gasteiger partial charge in [0.25, 0.3) is 0 Å². The van der Waals surface area contributed by atoms with Gasteiger partial charge in [0.1, 0.15) is 5.75 Å². The zero-order chi connectivity index (χ0) is 13.8. The molecule has 102 valence electrons. The Labute approximate surface area is 108 Å². The third kappa shape index (κ3) is 3.97. The summed E-state index contributed by atoms with van der Waals surface area (Å²) in [5, 5.41) is 10.0. The fourth-order valence-electron chi connectivity index (χ4n) is 1.53. The van der Waals surface area contributed by atoms with Crippen molar-refractivity contribution in [1.82, 2.24) is 4.72 Å². The fraction of sp³-hybridized carbons (Fsp3) is 0.500. The van der Waals surface area contributed by atoms with Gasteiger partial charge in [0.15, 0.2) is 0 Å². The Morgan fingerprint density at radius 1 is 1.44 bits per heavy atom. The zero-order valence-electron chi connectivity index (χ0n) is 10.8. The summed E-state index contributed by atoms with van der Waals surface area (Å²) in [5.41, 5.74) is 1.56. The highest BCUT2D eigenvalue weighted by Crippen LogP contribution is 2.25. The molecule has 2 N–H and O–H groups in total. The maximum atomic E-state index is 11.3. The number of nitrogens with one attached hydrogen (secondary N) is 1. The Morgan fingerprint density at radius 3 is 2.67 bits per heavy atom. The molecule has 0 fully saturated rings. The molecule has 0 amide bonds. The molecule has 0 aliphatic rings. The fourth-order valence-corrected chi connectivity index (χ4v) is 2.15. The lowest BCUT2D eigenvalue weighted by Crippen LogP contribution is -2.29. The molecule has 1 rings (SSSR count). The van der Waals surface area contributed by atoms with Gasteiger partial charge in [-0.05, 0) is 26.0 Å². The lowest BCUT2D eigenvalue weighted by molar-refractivity contribution is 0.177. The lowest BCUT2D eigenvalue weighted by Gasteiger charge is -2.16. The summed E-state index contributed by atoms with van der Waals surface area (Å²) in [6, 6.07) is 5.40. The van der Waals surface area contributed by atoms with Gasteiger partial charge in [0, 0.05) is 12.1 Å². The quantitative estimate of drug-likeness (QED) is 0.810. The van der Waals surface area contributed by atoms with Crippen molar-refractivity contribution < 1.29 is 18.3 Å². The normalized spacial score (nSPS) is 13.3. The number of rotatable bonds is 6. The molecule has 0 saturated carbocycles. The molecule has 0 aromatic heterocycles. The summed E-state index contributed by atoms with van der Waals surface area (Å²) in [5.74, 6) is 0.536. The van der Waals surface area contributed by atoms with Crippen LogP contribution in [0.4, 0.5) is 0 Å². The minimum atomic E-state index is -3.30. The topological polar surface area (TPSA) is 75.6 Å². The molecular formula is C12H19NO4S. The number of ether oxygens (including phenoxy) is 1. The van der Waals surface area contributed by atoms with Gasteiger partial charge in [-0.15, -0.1) is 0 Å². The summed E-state index contributed by atoms with van der Waals surface area (Å²) < 4.78 is 30.1. The maximum absolute atomic E-state index is 11.3. The molecule has 6 heteroatoms. The molecule has 1 aromatic rings. The maximum Gasteiger partial charge on any atom is 0.211 e. The Kier molecular flexibility index (Phi) is 5.13. The summed E-state index contributed by atoms with van der Waals surface area (Å²) in [6.45, 7) is 3.38. The summed E-state index contributed by atoms with van der Waals surface area (Å²) in [7, 11) is -1.79. The van der Waals surface area contributed by atoms with Crippen molar-refractivity contribution in [2.75, 3.05) is 19.4 Å². The van der Waals surface area contributed by atoms with Crippen LogP contribution in [0.1, 0.15) is 24.2 Å². The van der Waals surface area contributed by atoms with E-state index in [0.29, 0.717) is 11.3 Å². The number of methoxy groups -OCH3 is 1. The molecule has 1 unspecified atom stereocenters. The average Bonchev–Trinajstić information content (AvgIpc) is 2.36. The summed E-state index contributed by atoms with van der Waals surface area (Å²) in [6.07, 6.45) is -0.929. The van der Waals surface area contributed by atoms with E-state index in [9.17, 15) is 13.5 Å². The third-order valence-corrected chi connectivity index (χ3v) is 3.99. The van der Waals surface area contributed by atoms with Gasteiger partial charge in [-0.25, -0.2) is 13.1 Å². The number of benzene rings is 1. The van der Waals surface area contributed by atoms with Gasteiger partial charge in [-0.1, -0.05) is 11.6 Å². The lowest BCUT2D eigenvalue weighted by atomic mass is 10.1. The van der Waals surface area contributed by atoms with E-state index in [1.807, 2.05) is 13.0 Å². The molecule has 0 spiro atoms. The van der Waals surface area contributed by atoms with E-state index in [1.54, 1.807) is 19.1 Å². The predicted octanol–water partition coefficient (Wildman–Crippen LogP) is 0.976. The van der Waals surface area contributed by atoms with E-state index in [0.717, 1.165) is 5.56 Å². The standard InChI is InChI=1S/C12H19NO4S/c1-4-18(15,16)13-8-11(14)10-7-9(2)5-6-12(10)17-3/h5-7,11,13-14H,4,8H2,1-3H3. The Balaban J connectivity index is 2.84. The highest BCUT2D eigenvalue weighted by Gasteiger charge is 2.16. The van der Waals surface area contributed by atoms with E-state index in [-0.39, 0.29) is 12.3 Å². The second-order valence-electron chi connectivity index (χ2n) is 4.01. The van der Waals surface area contributed by atoms with Crippen molar-refractivity contribution in [3.8, 4) is 5.75 Å². The summed E-state index contributed by atoms with van der Waals surface area (Å²) >= 11 is 0. The van der Waals surface area contributed by atoms with Crippen LogP contribution in [0.3, 0.4) is 0 Å². The monoisotopic (exact) mass is 273 g/mol. The van der Waals surface area contributed by atoms with E-state index < -0.39 is 16.1 Å². The Hall–Kier alpha value is -1.11. The van der Waals surface area contributed by atoms with E-state index in [1.165, 1.54) is 7.11 Å². The largest absolute Gasteiger partial charge is 0.496 e. The van der Waals surface area contributed by atoms with Gasteiger partial charge in [0.2, 0.25) is 10.0 Å². The number of aryl methyl sites for hydroxylation is 1. The number of hydrogen-bond donors (Lipinski definition) is 2. The van der Waals surface area contributed by atoms with Gasteiger partial charge in [-0.3, -0.25) is 0 Å². The molecule has 0 saturated heterocycles. The zero-order valence-corrected chi connectivity index (χ0v) is 11.6. The van der Waals surface area contributed by atoms with Gasteiger partial charge < -0.3 is 9.84 Å². The van der Waals surface area contributed by atoms with Crippen molar-refractivity contribution in [2.24, 2.45) is 0 Å². The second-order valence-corrected chi connectivity index (χ2v) is 6.11. The van der Waals surface area contributed by atoms with E-state index in [2.05, 4.69) is 4.72 Å². The van der Waals surface area contributed by atoms with Gasteiger partial charge in [-0.2, -0.15) is 0 Å². The summed E-state index contributed by atoms with van der Waals surface area (Å²) in [4.78, 5) is 0. The van der Waals surface area contributed by atoms with E-state index in [4.69, 9.17) is 4.74 Å². The van der Waals surface area contributed by atoms with Crippen LogP contribution in [0.2, 0.25) is 0 Å². The molecule has 0 bridgehead atoms. The third-order valence-electron chi connectivity index (χ3n) is 2.62. The van der Waals surface area contributed by atoms with Gasteiger partial charge in [0.05, 0.1) is 19.0 Å². The van der Waals surface area contributed by atoms with Crippen LogP contribution in [-0.2, 0) is 10.0 Å². The highest BCUT2D eigenvalue weighted by atomic mass is 32.2. The first kappa shape index (κ1) is 14.9.